The molecule has 30 heavy (non-hydrogen) atoms. The summed E-state index contributed by atoms with van der Waals surface area (Å²) in [7, 11) is 1.50. The minimum absolute atomic E-state index is 0.227. The van der Waals surface area contributed by atoms with Gasteiger partial charge in [0.15, 0.2) is 6.10 Å². The van der Waals surface area contributed by atoms with E-state index in [0.717, 1.165) is 16.8 Å². The molecule has 7 heteroatoms. The van der Waals surface area contributed by atoms with Crippen LogP contribution in [0.3, 0.4) is 0 Å². The Labute approximate surface area is 176 Å². The van der Waals surface area contributed by atoms with Crippen molar-refractivity contribution in [3.8, 4) is 5.75 Å². The molecule has 0 aliphatic heterocycles. The fourth-order valence-electron chi connectivity index (χ4n) is 2.88. The average Bonchev–Trinajstić information content (AvgIpc) is 2.73. The molecular formula is C23H28N2O5. The van der Waals surface area contributed by atoms with E-state index in [9.17, 15) is 14.4 Å². The maximum absolute atomic E-state index is 12.5. The van der Waals surface area contributed by atoms with Crippen LogP contribution in [0.5, 0.6) is 5.75 Å². The molecule has 2 aromatic rings. The van der Waals surface area contributed by atoms with E-state index in [2.05, 4.69) is 10.6 Å². The van der Waals surface area contributed by atoms with Gasteiger partial charge in [-0.2, -0.15) is 0 Å². The van der Waals surface area contributed by atoms with Gasteiger partial charge in [-0.05, 0) is 49.1 Å². The lowest BCUT2D eigenvalue weighted by atomic mass is 9.98. The number of esters is 1. The predicted octanol–water partition coefficient (Wildman–Crippen LogP) is 3.43. The molecule has 1 atom stereocenters. The first-order valence-electron chi connectivity index (χ1n) is 9.75. The summed E-state index contributed by atoms with van der Waals surface area (Å²) in [6.45, 7) is 7.13. The molecule has 2 amide bonds. The number of carbonyl (C=O) groups is 3. The third-order valence-electron chi connectivity index (χ3n) is 4.58. The quantitative estimate of drug-likeness (QED) is 0.648. The molecule has 0 heterocycles. The molecular weight excluding hydrogens is 384 g/mol. The number of carbonyl (C=O) groups excluding carboxylic acids is 3. The van der Waals surface area contributed by atoms with E-state index in [1.54, 1.807) is 24.3 Å². The van der Waals surface area contributed by atoms with Crippen LogP contribution < -0.4 is 15.4 Å². The number of anilines is 1. The van der Waals surface area contributed by atoms with Crippen LogP contribution in [-0.2, 0) is 14.3 Å². The number of aryl methyl sites for hydroxylation is 1. The zero-order valence-electron chi connectivity index (χ0n) is 17.9. The second-order valence-corrected chi connectivity index (χ2v) is 7.23. The fourth-order valence-corrected chi connectivity index (χ4v) is 2.88. The minimum Gasteiger partial charge on any atom is -0.497 e. The lowest BCUT2D eigenvalue weighted by Crippen LogP contribution is -2.36. The molecule has 0 radical (unpaired) electrons. The summed E-state index contributed by atoms with van der Waals surface area (Å²) in [5.74, 6) is -0.816. The van der Waals surface area contributed by atoms with Crippen molar-refractivity contribution in [1.29, 1.82) is 0 Å². The van der Waals surface area contributed by atoms with Crippen molar-refractivity contribution in [2.24, 2.45) is 0 Å². The zero-order valence-corrected chi connectivity index (χ0v) is 17.9. The molecule has 0 unspecified atom stereocenters. The molecule has 0 saturated heterocycles. The summed E-state index contributed by atoms with van der Waals surface area (Å²) in [4.78, 5) is 36.7. The van der Waals surface area contributed by atoms with Crippen molar-refractivity contribution in [3.05, 3.63) is 59.2 Å². The maximum atomic E-state index is 12.5. The van der Waals surface area contributed by atoms with E-state index >= 15 is 0 Å². The van der Waals surface area contributed by atoms with Crippen LogP contribution in [0.1, 0.15) is 48.2 Å². The molecule has 7 nitrogen and oxygen atoms in total. The number of ether oxygens (including phenoxy) is 2. The highest BCUT2D eigenvalue weighted by Gasteiger charge is 2.21. The monoisotopic (exact) mass is 412 g/mol. The standard InChI is InChI=1S/C23H28N2O5/c1-14(2)19-11-6-8-15(3)21(19)25-22(27)16(4)30-20(26)13-24-23(28)17-9-7-10-18(12-17)29-5/h6-12,14,16H,13H2,1-5H3,(H,24,28)(H,25,27)/t16-/m1/s1. The van der Waals surface area contributed by atoms with Crippen molar-refractivity contribution in [2.45, 2.75) is 39.7 Å². The highest BCUT2D eigenvalue weighted by molar-refractivity contribution is 5.98. The number of rotatable bonds is 8. The van der Waals surface area contributed by atoms with E-state index < -0.39 is 23.9 Å². The number of nitrogens with one attached hydrogen (secondary N) is 2. The summed E-state index contributed by atoms with van der Waals surface area (Å²) in [6, 6.07) is 12.4. The number of hydrogen-bond acceptors (Lipinski definition) is 5. The molecule has 2 rings (SSSR count). The van der Waals surface area contributed by atoms with E-state index in [0.29, 0.717) is 11.3 Å². The normalized spacial score (nSPS) is 11.5. The number of amides is 2. The second-order valence-electron chi connectivity index (χ2n) is 7.23. The first-order chi connectivity index (χ1) is 14.2. The Morgan fingerprint density at radius 1 is 1.03 bits per heavy atom. The summed E-state index contributed by atoms with van der Waals surface area (Å²) in [5.41, 5.74) is 3.02. The van der Waals surface area contributed by atoms with Gasteiger partial charge in [-0.15, -0.1) is 0 Å². The summed E-state index contributed by atoms with van der Waals surface area (Å²) < 4.78 is 10.2. The Kier molecular flexibility index (Phi) is 7.98. The van der Waals surface area contributed by atoms with E-state index in [1.165, 1.54) is 14.0 Å². The number of benzene rings is 2. The van der Waals surface area contributed by atoms with Crippen LogP contribution >= 0.6 is 0 Å². The molecule has 0 aromatic heterocycles. The lowest BCUT2D eigenvalue weighted by molar-refractivity contribution is -0.152. The molecule has 0 saturated carbocycles. The van der Waals surface area contributed by atoms with Crippen molar-refractivity contribution >= 4 is 23.5 Å². The van der Waals surface area contributed by atoms with Crippen molar-refractivity contribution < 1.29 is 23.9 Å². The van der Waals surface area contributed by atoms with Gasteiger partial charge in [-0.25, -0.2) is 0 Å². The predicted molar refractivity (Wildman–Crippen MR) is 115 cm³/mol. The summed E-state index contributed by atoms with van der Waals surface area (Å²) in [5, 5.41) is 5.33. The first-order valence-corrected chi connectivity index (χ1v) is 9.75. The highest BCUT2D eigenvalue weighted by Crippen LogP contribution is 2.27. The zero-order chi connectivity index (χ0) is 22.3. The Balaban J connectivity index is 1.91. The van der Waals surface area contributed by atoms with Gasteiger partial charge in [0.2, 0.25) is 0 Å². The molecule has 0 aliphatic carbocycles. The largest absolute Gasteiger partial charge is 0.497 e. The Morgan fingerprint density at radius 3 is 2.40 bits per heavy atom. The number of hydrogen-bond donors (Lipinski definition) is 2. The van der Waals surface area contributed by atoms with Gasteiger partial charge in [0, 0.05) is 11.3 Å². The summed E-state index contributed by atoms with van der Waals surface area (Å²) >= 11 is 0. The molecule has 0 aliphatic rings. The average molecular weight is 412 g/mol. The Morgan fingerprint density at radius 2 is 1.73 bits per heavy atom. The molecule has 0 bridgehead atoms. The van der Waals surface area contributed by atoms with Crippen LogP contribution in [-0.4, -0.2) is 37.5 Å². The maximum Gasteiger partial charge on any atom is 0.326 e. The summed E-state index contributed by atoms with van der Waals surface area (Å²) in [6.07, 6.45) is -1.01. The first kappa shape index (κ1) is 22.9. The molecule has 0 spiro atoms. The number of methoxy groups -OCH3 is 1. The van der Waals surface area contributed by atoms with E-state index in [-0.39, 0.29) is 12.5 Å². The van der Waals surface area contributed by atoms with Crippen molar-refractivity contribution in [3.63, 3.8) is 0 Å². The van der Waals surface area contributed by atoms with Crippen LogP contribution in [0.4, 0.5) is 5.69 Å². The SMILES string of the molecule is COc1cccc(C(=O)NCC(=O)O[C@H](C)C(=O)Nc2c(C)cccc2C(C)C)c1. The molecule has 2 N–H and O–H groups in total. The van der Waals surface area contributed by atoms with Gasteiger partial charge >= 0.3 is 5.97 Å². The Hall–Kier alpha value is -3.35. The van der Waals surface area contributed by atoms with Crippen molar-refractivity contribution in [1.82, 2.24) is 5.32 Å². The van der Waals surface area contributed by atoms with Gasteiger partial charge in [-0.3, -0.25) is 14.4 Å². The fraction of sp³-hybridized carbons (Fsp3) is 0.348. The third-order valence-corrected chi connectivity index (χ3v) is 4.58. The van der Waals surface area contributed by atoms with Crippen LogP contribution in [0.15, 0.2) is 42.5 Å². The van der Waals surface area contributed by atoms with Gasteiger partial charge < -0.3 is 20.1 Å². The van der Waals surface area contributed by atoms with E-state index in [4.69, 9.17) is 9.47 Å². The minimum atomic E-state index is -1.01. The second kappa shape index (κ2) is 10.4. The topological polar surface area (TPSA) is 93.7 Å². The molecule has 2 aromatic carbocycles. The Bertz CT molecular complexity index is 924. The lowest BCUT2D eigenvalue weighted by Gasteiger charge is -2.19. The van der Waals surface area contributed by atoms with E-state index in [1.807, 2.05) is 39.0 Å². The highest BCUT2D eigenvalue weighted by atomic mass is 16.5. The van der Waals surface area contributed by atoms with Crippen LogP contribution in [0.25, 0.3) is 0 Å². The smallest absolute Gasteiger partial charge is 0.326 e. The molecule has 160 valence electrons. The molecule has 0 fully saturated rings. The van der Waals surface area contributed by atoms with Crippen LogP contribution in [0, 0.1) is 6.92 Å². The number of para-hydroxylation sites is 1. The van der Waals surface area contributed by atoms with Gasteiger partial charge in [0.05, 0.1) is 7.11 Å². The van der Waals surface area contributed by atoms with Crippen molar-refractivity contribution in [2.75, 3.05) is 19.0 Å². The van der Waals surface area contributed by atoms with Gasteiger partial charge in [-0.1, -0.05) is 38.1 Å². The van der Waals surface area contributed by atoms with Crippen LogP contribution in [0.2, 0.25) is 0 Å². The third kappa shape index (κ3) is 6.07. The van der Waals surface area contributed by atoms with Gasteiger partial charge in [0.1, 0.15) is 12.3 Å². The van der Waals surface area contributed by atoms with Gasteiger partial charge in [0.25, 0.3) is 11.8 Å².